The molecule has 0 aliphatic heterocycles. The second-order valence-electron chi connectivity index (χ2n) is 3.52. The van der Waals surface area contributed by atoms with Crippen LogP contribution in [0.1, 0.15) is 12.6 Å². The lowest BCUT2D eigenvalue weighted by atomic mass is 10.1. The summed E-state index contributed by atoms with van der Waals surface area (Å²) in [4.78, 5) is 4.51. The number of nitrogens with one attached hydrogen (secondary N) is 1. The Morgan fingerprint density at radius 1 is 1.25 bits per heavy atom. The summed E-state index contributed by atoms with van der Waals surface area (Å²) >= 11 is 12.3. The number of nitrogens with zero attached hydrogens (tertiary/aromatic N) is 1. The maximum absolute atomic E-state index is 6.17. The summed E-state index contributed by atoms with van der Waals surface area (Å²) in [6.07, 6.45) is 0.869. The highest BCUT2D eigenvalue weighted by atomic mass is 35.5. The summed E-state index contributed by atoms with van der Waals surface area (Å²) in [6, 6.07) is 5.57. The molecule has 1 heterocycles. The lowest BCUT2D eigenvalue weighted by molar-refractivity contribution is 1.06. The van der Waals surface area contributed by atoms with E-state index in [4.69, 9.17) is 23.2 Å². The average Bonchev–Trinajstić information content (AvgIpc) is 2.32. The monoisotopic (exact) mass is 254 g/mol. The van der Waals surface area contributed by atoms with Gasteiger partial charge in [-0.15, -0.1) is 0 Å². The molecule has 0 saturated heterocycles. The molecular weight excluding hydrogens is 243 g/mol. The van der Waals surface area contributed by atoms with E-state index in [0.717, 1.165) is 28.7 Å². The third-order valence-electron chi connectivity index (χ3n) is 2.55. The molecule has 2 rings (SSSR count). The predicted molar refractivity (Wildman–Crippen MR) is 70.7 cm³/mol. The van der Waals surface area contributed by atoms with Crippen LogP contribution >= 0.6 is 23.2 Å². The zero-order valence-corrected chi connectivity index (χ0v) is 10.7. The van der Waals surface area contributed by atoms with E-state index in [0.29, 0.717) is 10.0 Å². The molecule has 0 saturated carbocycles. The molecule has 0 amide bonds. The van der Waals surface area contributed by atoms with Gasteiger partial charge < -0.3 is 5.32 Å². The first-order valence-electron chi connectivity index (χ1n) is 5.12. The van der Waals surface area contributed by atoms with Crippen LogP contribution in [0.15, 0.2) is 18.2 Å². The van der Waals surface area contributed by atoms with Crippen LogP contribution in [0.25, 0.3) is 10.9 Å². The summed E-state index contributed by atoms with van der Waals surface area (Å²) in [5, 5.41) is 5.31. The molecule has 0 bridgehead atoms. The van der Waals surface area contributed by atoms with Gasteiger partial charge in [-0.1, -0.05) is 30.1 Å². The Morgan fingerprint density at radius 2 is 1.94 bits per heavy atom. The maximum Gasteiger partial charge on any atom is 0.0927 e. The van der Waals surface area contributed by atoms with E-state index in [1.165, 1.54) is 0 Å². The van der Waals surface area contributed by atoms with Crippen molar-refractivity contribution in [1.82, 2.24) is 4.98 Å². The van der Waals surface area contributed by atoms with Crippen molar-refractivity contribution < 1.29 is 0 Å². The second-order valence-corrected chi connectivity index (χ2v) is 4.33. The number of pyridine rings is 1. The van der Waals surface area contributed by atoms with Gasteiger partial charge in [0.1, 0.15) is 0 Å². The van der Waals surface area contributed by atoms with Gasteiger partial charge in [-0.2, -0.15) is 0 Å². The molecule has 0 spiro atoms. The lowest BCUT2D eigenvalue weighted by Crippen LogP contribution is -1.96. The van der Waals surface area contributed by atoms with Crippen molar-refractivity contribution in [2.75, 3.05) is 12.4 Å². The number of halogens is 2. The van der Waals surface area contributed by atoms with Crippen LogP contribution in [0, 0.1) is 0 Å². The smallest absolute Gasteiger partial charge is 0.0927 e. The molecule has 0 unspecified atom stereocenters. The van der Waals surface area contributed by atoms with E-state index in [9.17, 15) is 0 Å². The summed E-state index contributed by atoms with van der Waals surface area (Å²) in [5.74, 6) is 0. The van der Waals surface area contributed by atoms with Crippen LogP contribution in [-0.4, -0.2) is 12.0 Å². The normalized spacial score (nSPS) is 10.8. The van der Waals surface area contributed by atoms with Crippen LogP contribution < -0.4 is 5.32 Å². The molecule has 16 heavy (non-hydrogen) atoms. The highest BCUT2D eigenvalue weighted by molar-refractivity contribution is 6.40. The molecule has 0 radical (unpaired) electrons. The predicted octanol–water partition coefficient (Wildman–Crippen LogP) is 4.15. The Kier molecular flexibility index (Phi) is 3.22. The Hall–Kier alpha value is -0.990. The number of aryl methyl sites for hydroxylation is 1. The number of hydrogen-bond acceptors (Lipinski definition) is 2. The zero-order valence-electron chi connectivity index (χ0n) is 9.14. The van der Waals surface area contributed by atoms with Gasteiger partial charge in [0, 0.05) is 23.8 Å². The molecule has 1 aromatic carbocycles. The van der Waals surface area contributed by atoms with Crippen molar-refractivity contribution in [1.29, 1.82) is 0 Å². The van der Waals surface area contributed by atoms with E-state index < -0.39 is 0 Å². The first kappa shape index (κ1) is 11.5. The molecule has 1 N–H and O–H groups in total. The van der Waals surface area contributed by atoms with Gasteiger partial charge in [-0.05, 0) is 24.6 Å². The Morgan fingerprint density at radius 3 is 2.56 bits per heavy atom. The van der Waals surface area contributed by atoms with Crippen LogP contribution in [0.3, 0.4) is 0 Å². The van der Waals surface area contributed by atoms with E-state index in [1.54, 1.807) is 12.1 Å². The number of fused-ring (bicyclic) bond motifs is 1. The molecular formula is C12H12Cl2N2. The summed E-state index contributed by atoms with van der Waals surface area (Å²) in [5.41, 5.74) is 2.73. The summed E-state index contributed by atoms with van der Waals surface area (Å²) in [6.45, 7) is 2.06. The van der Waals surface area contributed by atoms with Gasteiger partial charge in [0.2, 0.25) is 0 Å². The fraction of sp³-hybridized carbons (Fsp3) is 0.250. The molecule has 0 fully saturated rings. The molecule has 2 aromatic rings. The largest absolute Gasteiger partial charge is 0.387 e. The summed E-state index contributed by atoms with van der Waals surface area (Å²) in [7, 11) is 1.87. The van der Waals surface area contributed by atoms with Gasteiger partial charge in [0.25, 0.3) is 0 Å². The van der Waals surface area contributed by atoms with Gasteiger partial charge in [-0.25, -0.2) is 0 Å². The van der Waals surface area contributed by atoms with Crippen molar-refractivity contribution >= 4 is 39.8 Å². The van der Waals surface area contributed by atoms with Gasteiger partial charge >= 0.3 is 0 Å². The van der Waals surface area contributed by atoms with Crippen molar-refractivity contribution in [3.63, 3.8) is 0 Å². The van der Waals surface area contributed by atoms with Crippen LogP contribution in [0.5, 0.6) is 0 Å². The Labute approximate surface area is 105 Å². The van der Waals surface area contributed by atoms with Crippen molar-refractivity contribution in [2.24, 2.45) is 0 Å². The Balaban J connectivity index is 2.88. The highest BCUT2D eigenvalue weighted by Crippen LogP contribution is 2.34. The highest BCUT2D eigenvalue weighted by Gasteiger charge is 2.10. The van der Waals surface area contributed by atoms with Crippen LogP contribution in [0.2, 0.25) is 10.0 Å². The van der Waals surface area contributed by atoms with E-state index in [1.807, 2.05) is 13.1 Å². The molecule has 0 aliphatic carbocycles. The summed E-state index contributed by atoms with van der Waals surface area (Å²) < 4.78 is 0. The number of anilines is 1. The number of aromatic nitrogens is 1. The van der Waals surface area contributed by atoms with E-state index in [2.05, 4.69) is 17.2 Å². The molecule has 84 valence electrons. The fourth-order valence-corrected chi connectivity index (χ4v) is 2.15. The minimum absolute atomic E-state index is 0.631. The van der Waals surface area contributed by atoms with Crippen LogP contribution in [-0.2, 0) is 6.42 Å². The van der Waals surface area contributed by atoms with Crippen molar-refractivity contribution in [3.05, 3.63) is 33.9 Å². The molecule has 0 atom stereocenters. The zero-order chi connectivity index (χ0) is 11.7. The quantitative estimate of drug-likeness (QED) is 0.872. The Bertz CT molecular complexity index is 538. The molecule has 1 aromatic heterocycles. The standard InChI is InChI=1S/C12H12Cl2N2/c1-3-7-6-10(15-2)11-8(13)4-5-9(14)12(11)16-7/h4-6H,3H2,1-2H3,(H,15,16). The SMILES string of the molecule is CCc1cc(NC)c2c(Cl)ccc(Cl)c2n1. The van der Waals surface area contributed by atoms with E-state index in [-0.39, 0.29) is 0 Å². The van der Waals surface area contributed by atoms with Crippen molar-refractivity contribution in [3.8, 4) is 0 Å². The topological polar surface area (TPSA) is 24.9 Å². The molecule has 4 heteroatoms. The van der Waals surface area contributed by atoms with Gasteiger partial charge in [0.15, 0.2) is 0 Å². The first-order chi connectivity index (χ1) is 7.67. The fourth-order valence-electron chi connectivity index (χ4n) is 1.70. The first-order valence-corrected chi connectivity index (χ1v) is 5.88. The van der Waals surface area contributed by atoms with E-state index >= 15 is 0 Å². The van der Waals surface area contributed by atoms with Gasteiger partial charge in [0.05, 0.1) is 15.6 Å². The number of rotatable bonds is 2. The average molecular weight is 255 g/mol. The minimum Gasteiger partial charge on any atom is -0.387 e. The minimum atomic E-state index is 0.631. The van der Waals surface area contributed by atoms with Gasteiger partial charge in [-0.3, -0.25) is 4.98 Å². The second kappa shape index (κ2) is 4.48. The third-order valence-corrected chi connectivity index (χ3v) is 3.17. The third kappa shape index (κ3) is 1.83. The van der Waals surface area contributed by atoms with Crippen LogP contribution in [0.4, 0.5) is 5.69 Å². The molecule has 0 aliphatic rings. The maximum atomic E-state index is 6.17. The number of hydrogen-bond donors (Lipinski definition) is 1. The lowest BCUT2D eigenvalue weighted by Gasteiger charge is -2.10. The number of benzene rings is 1. The molecule has 2 nitrogen and oxygen atoms in total. The van der Waals surface area contributed by atoms with Crippen molar-refractivity contribution in [2.45, 2.75) is 13.3 Å².